The number of ketones is 1. The Labute approximate surface area is 240 Å². The standard InChI is InChI=1S/C30H30N4O6S/c1-5-6-9-16-40-20-13-11-19(12-14-20)24-22(25(35)23-17(2)31-21-10-7-8-15-33(21)23)26(36)28(37)34(24)30-32-18(3)27(41-30)29(38)39-4/h7-8,10-15,24,35H,5-6,9,16H2,1-4H3/b25-22+. The number of hydrogen-bond acceptors (Lipinski definition) is 9. The lowest BCUT2D eigenvalue weighted by Gasteiger charge is -2.23. The van der Waals surface area contributed by atoms with Crippen LogP contribution in [0.5, 0.6) is 5.75 Å². The topological polar surface area (TPSA) is 123 Å². The molecule has 0 aliphatic carbocycles. The third-order valence-electron chi connectivity index (χ3n) is 6.95. The molecule has 1 atom stereocenters. The maximum atomic E-state index is 13.6. The van der Waals surface area contributed by atoms with Crippen molar-refractivity contribution in [2.24, 2.45) is 0 Å². The molecule has 1 fully saturated rings. The molecular weight excluding hydrogens is 544 g/mol. The molecule has 0 bridgehead atoms. The summed E-state index contributed by atoms with van der Waals surface area (Å²) in [5.74, 6) is -2.03. The number of aliphatic hydroxyl groups is 1. The zero-order valence-corrected chi connectivity index (χ0v) is 24.0. The van der Waals surface area contributed by atoms with Gasteiger partial charge in [-0.1, -0.05) is 49.3 Å². The molecule has 3 aromatic heterocycles. The molecule has 5 rings (SSSR count). The average Bonchev–Trinajstić information content (AvgIpc) is 3.60. The summed E-state index contributed by atoms with van der Waals surface area (Å²) >= 11 is 0.950. The zero-order valence-electron chi connectivity index (χ0n) is 23.2. The van der Waals surface area contributed by atoms with Gasteiger partial charge in [0.2, 0.25) is 0 Å². The van der Waals surface area contributed by atoms with Crippen molar-refractivity contribution in [3.05, 3.63) is 81.8 Å². The van der Waals surface area contributed by atoms with Gasteiger partial charge in [-0.05, 0) is 50.1 Å². The van der Waals surface area contributed by atoms with E-state index in [1.807, 2.05) is 6.07 Å². The lowest BCUT2D eigenvalue weighted by molar-refractivity contribution is -0.132. The van der Waals surface area contributed by atoms with E-state index in [4.69, 9.17) is 9.47 Å². The Morgan fingerprint density at radius 2 is 1.80 bits per heavy atom. The number of nitrogens with zero attached hydrogens (tertiary/aromatic N) is 4. The number of pyridine rings is 1. The van der Waals surface area contributed by atoms with E-state index >= 15 is 0 Å². The minimum atomic E-state index is -1.02. The molecule has 1 aliphatic heterocycles. The van der Waals surface area contributed by atoms with Crippen LogP contribution in [-0.4, -0.2) is 50.9 Å². The number of benzene rings is 1. The number of rotatable bonds is 9. The quantitative estimate of drug-likeness (QED) is 0.0928. The first-order valence-electron chi connectivity index (χ1n) is 13.3. The van der Waals surface area contributed by atoms with Crippen LogP contribution in [0.25, 0.3) is 11.4 Å². The van der Waals surface area contributed by atoms with Crippen LogP contribution in [0.3, 0.4) is 0 Å². The highest BCUT2D eigenvalue weighted by Crippen LogP contribution is 2.44. The number of Topliss-reactive ketones (excluding diaryl/α,β-unsaturated/α-hetero) is 1. The molecule has 4 heterocycles. The van der Waals surface area contributed by atoms with Gasteiger partial charge in [0, 0.05) is 6.20 Å². The van der Waals surface area contributed by atoms with Crippen molar-refractivity contribution >= 4 is 45.5 Å². The summed E-state index contributed by atoms with van der Waals surface area (Å²) < 4.78 is 12.4. The van der Waals surface area contributed by atoms with Gasteiger partial charge in [-0.2, -0.15) is 0 Å². The summed E-state index contributed by atoms with van der Waals surface area (Å²) in [4.78, 5) is 49.9. The number of hydrogen-bond donors (Lipinski definition) is 1. The SMILES string of the molecule is CCCCCOc1ccc(C2/C(=C(\O)c3c(C)nc4ccccn34)C(=O)C(=O)N2c2nc(C)c(C(=O)OC)s2)cc1. The van der Waals surface area contributed by atoms with Gasteiger partial charge in [0.25, 0.3) is 5.78 Å². The number of anilines is 1. The number of thiazole rings is 1. The number of ether oxygens (including phenoxy) is 2. The van der Waals surface area contributed by atoms with E-state index in [0.717, 1.165) is 30.6 Å². The second-order valence-electron chi connectivity index (χ2n) is 9.67. The van der Waals surface area contributed by atoms with Crippen molar-refractivity contribution in [3.63, 3.8) is 0 Å². The summed E-state index contributed by atoms with van der Waals surface area (Å²) in [5, 5.41) is 11.8. The van der Waals surface area contributed by atoms with E-state index in [1.165, 1.54) is 12.0 Å². The largest absolute Gasteiger partial charge is 0.505 e. The van der Waals surface area contributed by atoms with Crippen LogP contribution >= 0.6 is 11.3 Å². The van der Waals surface area contributed by atoms with Crippen LogP contribution in [0, 0.1) is 13.8 Å². The lowest BCUT2D eigenvalue weighted by Crippen LogP contribution is -2.29. The van der Waals surface area contributed by atoms with Crippen molar-refractivity contribution in [2.45, 2.75) is 46.1 Å². The van der Waals surface area contributed by atoms with E-state index in [-0.39, 0.29) is 21.3 Å². The van der Waals surface area contributed by atoms with E-state index in [0.29, 0.717) is 40.6 Å². The van der Waals surface area contributed by atoms with Crippen LogP contribution in [0.4, 0.5) is 5.13 Å². The Morgan fingerprint density at radius 1 is 1.05 bits per heavy atom. The molecule has 0 radical (unpaired) electrons. The summed E-state index contributed by atoms with van der Waals surface area (Å²) in [7, 11) is 1.26. The molecule has 4 aromatic rings. The average molecular weight is 575 g/mol. The second-order valence-corrected chi connectivity index (χ2v) is 10.6. The summed E-state index contributed by atoms with van der Waals surface area (Å²) in [6.07, 6.45) is 4.81. The van der Waals surface area contributed by atoms with E-state index in [9.17, 15) is 19.5 Å². The van der Waals surface area contributed by atoms with E-state index < -0.39 is 23.7 Å². The van der Waals surface area contributed by atoms with Gasteiger partial charge < -0.3 is 14.6 Å². The summed E-state index contributed by atoms with van der Waals surface area (Å²) in [6, 6.07) is 11.4. The summed E-state index contributed by atoms with van der Waals surface area (Å²) in [6.45, 7) is 6.06. The van der Waals surface area contributed by atoms with Crippen molar-refractivity contribution in [3.8, 4) is 5.75 Å². The molecule has 10 nitrogen and oxygen atoms in total. The number of aromatic nitrogens is 3. The van der Waals surface area contributed by atoms with Gasteiger partial charge in [0.15, 0.2) is 10.9 Å². The van der Waals surface area contributed by atoms with Crippen LogP contribution in [0.1, 0.15) is 64.5 Å². The highest BCUT2D eigenvalue weighted by molar-refractivity contribution is 7.17. The number of unbranched alkanes of at least 4 members (excludes halogenated alkanes) is 2. The number of aliphatic hydroxyl groups excluding tert-OH is 1. The molecule has 1 N–H and O–H groups in total. The highest BCUT2D eigenvalue weighted by atomic mass is 32.1. The van der Waals surface area contributed by atoms with Crippen molar-refractivity contribution in [1.82, 2.24) is 14.4 Å². The summed E-state index contributed by atoms with van der Waals surface area (Å²) in [5.41, 5.74) is 2.21. The van der Waals surface area contributed by atoms with Gasteiger partial charge in [0.05, 0.1) is 36.7 Å². The molecule has 1 aliphatic rings. The van der Waals surface area contributed by atoms with Gasteiger partial charge >= 0.3 is 11.9 Å². The first kappa shape index (κ1) is 28.0. The van der Waals surface area contributed by atoms with Gasteiger partial charge in [-0.3, -0.25) is 18.9 Å². The predicted octanol–water partition coefficient (Wildman–Crippen LogP) is 5.39. The normalized spacial score (nSPS) is 16.5. The van der Waals surface area contributed by atoms with Crippen LogP contribution < -0.4 is 9.64 Å². The molecule has 0 saturated carbocycles. The minimum Gasteiger partial charge on any atom is -0.505 e. The number of carbonyl (C=O) groups excluding carboxylic acids is 3. The third kappa shape index (κ3) is 5.08. The van der Waals surface area contributed by atoms with Crippen LogP contribution in [0.15, 0.2) is 54.2 Å². The first-order chi connectivity index (χ1) is 19.8. The Hall–Kier alpha value is -4.51. The second kappa shape index (κ2) is 11.5. The number of fused-ring (bicyclic) bond motifs is 1. The number of aryl methyl sites for hydroxylation is 2. The molecular formula is C30H30N4O6S. The Bertz CT molecular complexity index is 1670. The molecule has 41 heavy (non-hydrogen) atoms. The Balaban J connectivity index is 1.65. The van der Waals surface area contributed by atoms with Crippen molar-refractivity contribution in [1.29, 1.82) is 0 Å². The smallest absolute Gasteiger partial charge is 0.350 e. The fraction of sp³-hybridized carbons (Fsp3) is 0.300. The monoisotopic (exact) mass is 574 g/mol. The number of carbonyl (C=O) groups is 3. The molecule has 212 valence electrons. The minimum absolute atomic E-state index is 0.104. The number of methoxy groups -OCH3 is 1. The molecule has 11 heteroatoms. The zero-order chi connectivity index (χ0) is 29.3. The van der Waals surface area contributed by atoms with Gasteiger partial charge in [-0.15, -0.1) is 0 Å². The third-order valence-corrected chi connectivity index (χ3v) is 8.08. The number of imidazole rings is 1. The first-order valence-corrected chi connectivity index (χ1v) is 14.1. The molecule has 0 spiro atoms. The Morgan fingerprint density at radius 3 is 2.51 bits per heavy atom. The molecule has 1 saturated heterocycles. The van der Waals surface area contributed by atoms with Crippen molar-refractivity contribution < 1.29 is 29.0 Å². The van der Waals surface area contributed by atoms with Crippen LogP contribution in [-0.2, 0) is 14.3 Å². The van der Waals surface area contributed by atoms with E-state index in [1.54, 1.807) is 60.8 Å². The maximum absolute atomic E-state index is 13.6. The van der Waals surface area contributed by atoms with Gasteiger partial charge in [-0.25, -0.2) is 14.8 Å². The van der Waals surface area contributed by atoms with Gasteiger partial charge in [0.1, 0.15) is 22.0 Å². The lowest BCUT2D eigenvalue weighted by atomic mass is 9.96. The number of esters is 1. The maximum Gasteiger partial charge on any atom is 0.350 e. The van der Waals surface area contributed by atoms with E-state index in [2.05, 4.69) is 16.9 Å². The van der Waals surface area contributed by atoms with Crippen LogP contribution in [0.2, 0.25) is 0 Å². The number of amides is 1. The fourth-order valence-electron chi connectivity index (χ4n) is 4.93. The molecule has 1 aromatic carbocycles. The predicted molar refractivity (Wildman–Crippen MR) is 154 cm³/mol. The fourth-order valence-corrected chi connectivity index (χ4v) is 5.94. The van der Waals surface area contributed by atoms with Crippen molar-refractivity contribution in [2.75, 3.05) is 18.6 Å². The molecule has 1 unspecified atom stereocenters. The Kier molecular flexibility index (Phi) is 7.89. The highest BCUT2D eigenvalue weighted by Gasteiger charge is 2.49. The molecule has 1 amide bonds.